The van der Waals surface area contributed by atoms with Crippen LogP contribution < -0.4 is 10.9 Å². The molecule has 0 saturated heterocycles. The average molecular weight is 361 g/mol. The van der Waals surface area contributed by atoms with Crippen LogP contribution in [0.15, 0.2) is 64.2 Å². The first-order chi connectivity index (χ1) is 13.2. The number of carbonyl (C=O) groups excluding carboxylic acids is 1. The number of fused-ring (bicyclic) bond motifs is 1. The molecule has 0 atom stereocenters. The number of pyridine rings is 2. The Hall–Kier alpha value is -3.81. The smallest absolute Gasteiger partial charge is 0.255 e. The number of nitrogens with zero attached hydrogens (tertiary/aromatic N) is 3. The maximum absolute atomic E-state index is 12.2. The van der Waals surface area contributed by atoms with Crippen molar-refractivity contribution < 1.29 is 9.21 Å². The fourth-order valence-corrected chi connectivity index (χ4v) is 2.68. The van der Waals surface area contributed by atoms with E-state index in [1.54, 1.807) is 55.0 Å². The first-order valence-corrected chi connectivity index (χ1v) is 8.33. The molecule has 27 heavy (non-hydrogen) atoms. The van der Waals surface area contributed by atoms with Gasteiger partial charge in [0.25, 0.3) is 5.56 Å². The van der Waals surface area contributed by atoms with Crippen LogP contribution in [0.3, 0.4) is 0 Å². The van der Waals surface area contributed by atoms with Crippen LogP contribution in [0.2, 0.25) is 0 Å². The van der Waals surface area contributed by atoms with Crippen LogP contribution in [0, 0.1) is 0 Å². The minimum atomic E-state index is -0.178. The molecular formula is C19H15N5O3. The zero-order valence-electron chi connectivity index (χ0n) is 14.2. The third-order valence-electron chi connectivity index (χ3n) is 4.02. The second-order valence-corrected chi connectivity index (χ2v) is 5.89. The number of benzene rings is 1. The fourth-order valence-electron chi connectivity index (χ4n) is 2.68. The van der Waals surface area contributed by atoms with E-state index in [4.69, 9.17) is 4.42 Å². The summed E-state index contributed by atoms with van der Waals surface area (Å²) in [5.74, 6) is 0.609. The van der Waals surface area contributed by atoms with E-state index in [1.807, 2.05) is 0 Å². The van der Waals surface area contributed by atoms with Gasteiger partial charge in [0.15, 0.2) is 0 Å². The van der Waals surface area contributed by atoms with Crippen LogP contribution in [0.5, 0.6) is 0 Å². The van der Waals surface area contributed by atoms with E-state index < -0.39 is 0 Å². The Morgan fingerprint density at radius 2 is 1.96 bits per heavy atom. The lowest BCUT2D eigenvalue weighted by molar-refractivity contribution is -0.116. The zero-order valence-corrected chi connectivity index (χ0v) is 14.2. The highest BCUT2D eigenvalue weighted by atomic mass is 16.4. The van der Waals surface area contributed by atoms with E-state index in [0.29, 0.717) is 29.3 Å². The van der Waals surface area contributed by atoms with Crippen LogP contribution in [0.25, 0.3) is 22.2 Å². The van der Waals surface area contributed by atoms with Gasteiger partial charge in [0, 0.05) is 48.1 Å². The molecule has 3 aromatic heterocycles. The van der Waals surface area contributed by atoms with Crippen LogP contribution in [0.4, 0.5) is 5.69 Å². The van der Waals surface area contributed by atoms with E-state index in [1.165, 1.54) is 0 Å². The number of amides is 1. The standard InChI is InChI=1S/C19H15N5O3/c25-16(22-14-1-2-15-13(11-14)7-10-21-18(15)26)3-4-17-23-24-19(27-17)12-5-8-20-9-6-12/h1-2,5-11H,3-4H2,(H,21,26)(H,22,25). The fraction of sp³-hybridized carbons (Fsp3) is 0.105. The van der Waals surface area contributed by atoms with Gasteiger partial charge in [-0.1, -0.05) is 0 Å². The summed E-state index contributed by atoms with van der Waals surface area (Å²) >= 11 is 0. The lowest BCUT2D eigenvalue weighted by atomic mass is 10.1. The number of hydrogen-bond acceptors (Lipinski definition) is 6. The van der Waals surface area contributed by atoms with Crippen LogP contribution in [-0.4, -0.2) is 26.1 Å². The third-order valence-corrected chi connectivity index (χ3v) is 4.02. The molecule has 0 spiro atoms. The lowest BCUT2D eigenvalue weighted by Crippen LogP contribution is -2.13. The average Bonchev–Trinajstić information content (AvgIpc) is 3.16. The Kier molecular flexibility index (Phi) is 4.44. The van der Waals surface area contributed by atoms with Crippen molar-refractivity contribution in [2.24, 2.45) is 0 Å². The molecule has 0 bridgehead atoms. The summed E-state index contributed by atoms with van der Waals surface area (Å²) in [5.41, 5.74) is 1.24. The monoisotopic (exact) mass is 361 g/mol. The molecule has 8 nitrogen and oxygen atoms in total. The van der Waals surface area contributed by atoms with Crippen LogP contribution in [0.1, 0.15) is 12.3 Å². The number of H-pyrrole nitrogens is 1. The number of carbonyl (C=O) groups is 1. The molecule has 8 heteroatoms. The molecule has 134 valence electrons. The molecule has 0 saturated carbocycles. The van der Waals surface area contributed by atoms with Crippen molar-refractivity contribution in [2.45, 2.75) is 12.8 Å². The molecular weight excluding hydrogens is 346 g/mol. The molecule has 1 aromatic carbocycles. The predicted octanol–water partition coefficient (Wildman–Crippen LogP) is 2.54. The molecule has 0 aliphatic carbocycles. The first kappa shape index (κ1) is 16.6. The largest absolute Gasteiger partial charge is 0.421 e. The van der Waals surface area contributed by atoms with Crippen molar-refractivity contribution in [3.8, 4) is 11.5 Å². The van der Waals surface area contributed by atoms with Gasteiger partial charge in [0.2, 0.25) is 17.7 Å². The van der Waals surface area contributed by atoms with Crippen molar-refractivity contribution in [3.63, 3.8) is 0 Å². The number of rotatable bonds is 5. The number of nitrogens with one attached hydrogen (secondary N) is 2. The summed E-state index contributed by atoms with van der Waals surface area (Å²) in [6.07, 6.45) is 5.39. The molecule has 0 aliphatic heterocycles. The summed E-state index contributed by atoms with van der Waals surface area (Å²) in [4.78, 5) is 30.5. The highest BCUT2D eigenvalue weighted by Gasteiger charge is 2.11. The van der Waals surface area contributed by atoms with Gasteiger partial charge < -0.3 is 14.7 Å². The zero-order chi connectivity index (χ0) is 18.6. The molecule has 1 amide bonds. The number of aromatic nitrogens is 4. The van der Waals surface area contributed by atoms with E-state index in [9.17, 15) is 9.59 Å². The Morgan fingerprint density at radius 3 is 2.81 bits per heavy atom. The second kappa shape index (κ2) is 7.20. The molecule has 2 N–H and O–H groups in total. The lowest BCUT2D eigenvalue weighted by Gasteiger charge is -2.05. The minimum Gasteiger partial charge on any atom is -0.421 e. The maximum Gasteiger partial charge on any atom is 0.255 e. The van der Waals surface area contributed by atoms with E-state index >= 15 is 0 Å². The third kappa shape index (κ3) is 3.74. The van der Waals surface area contributed by atoms with Gasteiger partial charge in [-0.15, -0.1) is 10.2 Å². The number of anilines is 1. The molecule has 4 rings (SSSR count). The first-order valence-electron chi connectivity index (χ1n) is 8.33. The number of hydrogen-bond donors (Lipinski definition) is 2. The van der Waals surface area contributed by atoms with E-state index in [2.05, 4.69) is 25.5 Å². The summed E-state index contributed by atoms with van der Waals surface area (Å²) in [6, 6.07) is 10.5. The predicted molar refractivity (Wildman–Crippen MR) is 99.0 cm³/mol. The minimum absolute atomic E-state index is 0.160. The van der Waals surface area contributed by atoms with Gasteiger partial charge in [-0.05, 0) is 41.8 Å². The summed E-state index contributed by atoms with van der Waals surface area (Å²) < 4.78 is 5.57. The summed E-state index contributed by atoms with van der Waals surface area (Å²) in [5, 5.41) is 12.1. The van der Waals surface area contributed by atoms with Crippen molar-refractivity contribution in [1.29, 1.82) is 0 Å². The topological polar surface area (TPSA) is 114 Å². The summed E-state index contributed by atoms with van der Waals surface area (Å²) in [6.45, 7) is 0. The van der Waals surface area contributed by atoms with Crippen molar-refractivity contribution in [2.75, 3.05) is 5.32 Å². The highest BCUT2D eigenvalue weighted by Crippen LogP contribution is 2.18. The number of aryl methyl sites for hydroxylation is 1. The van der Waals surface area contributed by atoms with Gasteiger partial charge in [-0.2, -0.15) is 0 Å². The second-order valence-electron chi connectivity index (χ2n) is 5.89. The summed E-state index contributed by atoms with van der Waals surface area (Å²) in [7, 11) is 0. The Morgan fingerprint density at radius 1 is 1.11 bits per heavy atom. The number of aromatic amines is 1. The van der Waals surface area contributed by atoms with Crippen LogP contribution >= 0.6 is 0 Å². The molecule has 0 aliphatic rings. The molecule has 0 radical (unpaired) electrons. The Balaban J connectivity index is 1.39. The highest BCUT2D eigenvalue weighted by molar-refractivity contribution is 5.94. The van der Waals surface area contributed by atoms with Crippen molar-refractivity contribution in [1.82, 2.24) is 20.2 Å². The Bertz CT molecular complexity index is 1150. The normalized spacial score (nSPS) is 10.8. The van der Waals surface area contributed by atoms with E-state index in [-0.39, 0.29) is 17.9 Å². The van der Waals surface area contributed by atoms with Crippen molar-refractivity contribution >= 4 is 22.4 Å². The molecule has 4 aromatic rings. The van der Waals surface area contributed by atoms with Gasteiger partial charge in [0.1, 0.15) is 0 Å². The quantitative estimate of drug-likeness (QED) is 0.565. The van der Waals surface area contributed by atoms with Crippen LogP contribution in [-0.2, 0) is 11.2 Å². The molecule has 0 unspecified atom stereocenters. The van der Waals surface area contributed by atoms with Crippen molar-refractivity contribution in [3.05, 3.63) is 71.2 Å². The van der Waals surface area contributed by atoms with Gasteiger partial charge in [-0.3, -0.25) is 14.6 Å². The molecule has 0 fully saturated rings. The maximum atomic E-state index is 12.2. The van der Waals surface area contributed by atoms with Gasteiger partial charge in [0.05, 0.1) is 0 Å². The van der Waals surface area contributed by atoms with Gasteiger partial charge >= 0.3 is 0 Å². The van der Waals surface area contributed by atoms with E-state index in [0.717, 1.165) is 10.9 Å². The molecule has 3 heterocycles. The Labute approximate surface area is 153 Å². The SMILES string of the molecule is O=C(CCc1nnc(-c2ccncc2)o1)Nc1ccc2c(=O)[nH]ccc2c1. The van der Waals surface area contributed by atoms with Gasteiger partial charge in [-0.25, -0.2) is 0 Å².